The van der Waals surface area contributed by atoms with E-state index in [1.807, 2.05) is 0 Å². The van der Waals surface area contributed by atoms with Gasteiger partial charge in [-0.3, -0.25) is 0 Å². The summed E-state index contributed by atoms with van der Waals surface area (Å²) in [6.07, 6.45) is -2.24. The van der Waals surface area contributed by atoms with Crippen molar-refractivity contribution in [1.82, 2.24) is 19.7 Å². The molecule has 3 aromatic rings. The van der Waals surface area contributed by atoms with Gasteiger partial charge in [0.1, 0.15) is 5.69 Å². The SMILES string of the molecule is Cc1cc(Nc2nccc(C(F)(F)F)n2)cc(-n2nccc2F)c1. The van der Waals surface area contributed by atoms with E-state index >= 15 is 0 Å². The predicted octanol–water partition coefficient (Wildman–Crippen LogP) is 3.87. The van der Waals surface area contributed by atoms with Gasteiger partial charge in [-0.2, -0.15) is 22.7 Å². The lowest BCUT2D eigenvalue weighted by atomic mass is 10.2. The molecule has 0 bridgehead atoms. The Morgan fingerprint density at radius 2 is 1.88 bits per heavy atom. The fourth-order valence-corrected chi connectivity index (χ4v) is 2.14. The monoisotopic (exact) mass is 337 g/mol. The maximum Gasteiger partial charge on any atom is 0.433 e. The molecule has 1 aromatic carbocycles. The van der Waals surface area contributed by atoms with Crippen molar-refractivity contribution < 1.29 is 17.6 Å². The third-order valence-electron chi connectivity index (χ3n) is 3.11. The minimum Gasteiger partial charge on any atom is -0.324 e. The van der Waals surface area contributed by atoms with Crippen LogP contribution in [-0.2, 0) is 6.18 Å². The van der Waals surface area contributed by atoms with E-state index in [0.29, 0.717) is 11.4 Å². The molecule has 0 radical (unpaired) electrons. The van der Waals surface area contributed by atoms with E-state index in [1.54, 1.807) is 19.1 Å². The second-order valence-corrected chi connectivity index (χ2v) is 5.01. The predicted molar refractivity (Wildman–Crippen MR) is 78.6 cm³/mol. The van der Waals surface area contributed by atoms with Crippen molar-refractivity contribution in [3.05, 3.63) is 59.9 Å². The number of aryl methyl sites for hydroxylation is 1. The van der Waals surface area contributed by atoms with Crippen LogP contribution in [0.4, 0.5) is 29.2 Å². The molecule has 2 aromatic heterocycles. The molecule has 2 heterocycles. The van der Waals surface area contributed by atoms with Crippen molar-refractivity contribution in [2.75, 3.05) is 5.32 Å². The molecule has 5 nitrogen and oxygen atoms in total. The normalized spacial score (nSPS) is 11.5. The molecule has 0 saturated heterocycles. The summed E-state index contributed by atoms with van der Waals surface area (Å²) < 4.78 is 52.8. The van der Waals surface area contributed by atoms with Crippen molar-refractivity contribution in [3.8, 4) is 5.69 Å². The average Bonchev–Trinajstić information content (AvgIpc) is 2.92. The number of aromatic nitrogens is 4. The summed E-state index contributed by atoms with van der Waals surface area (Å²) in [5.41, 5.74) is 0.550. The van der Waals surface area contributed by atoms with Gasteiger partial charge in [-0.05, 0) is 36.8 Å². The second kappa shape index (κ2) is 5.91. The van der Waals surface area contributed by atoms with E-state index in [1.165, 1.54) is 18.3 Å². The van der Waals surface area contributed by atoms with Crippen LogP contribution in [0.1, 0.15) is 11.3 Å². The zero-order valence-electron chi connectivity index (χ0n) is 12.3. The first-order valence-corrected chi connectivity index (χ1v) is 6.82. The fourth-order valence-electron chi connectivity index (χ4n) is 2.14. The van der Waals surface area contributed by atoms with Crippen molar-refractivity contribution in [1.29, 1.82) is 0 Å². The molecule has 0 aliphatic carbocycles. The summed E-state index contributed by atoms with van der Waals surface area (Å²) in [7, 11) is 0. The Balaban J connectivity index is 1.94. The number of benzene rings is 1. The summed E-state index contributed by atoms with van der Waals surface area (Å²) in [5, 5.41) is 6.55. The van der Waals surface area contributed by atoms with Crippen LogP contribution in [0.5, 0.6) is 0 Å². The standard InChI is InChI=1S/C15H11F4N5/c1-9-6-10(8-11(7-9)24-13(16)3-5-21-24)22-14-20-4-2-12(23-14)15(17,18)19/h2-8H,1H3,(H,20,22,23). The van der Waals surface area contributed by atoms with E-state index in [9.17, 15) is 17.6 Å². The van der Waals surface area contributed by atoms with E-state index in [4.69, 9.17) is 0 Å². The minimum atomic E-state index is -4.56. The average molecular weight is 337 g/mol. The van der Waals surface area contributed by atoms with Gasteiger partial charge in [-0.25, -0.2) is 14.6 Å². The molecular weight excluding hydrogens is 326 g/mol. The maximum absolute atomic E-state index is 13.6. The van der Waals surface area contributed by atoms with Crippen molar-refractivity contribution in [2.45, 2.75) is 13.1 Å². The first-order valence-electron chi connectivity index (χ1n) is 6.82. The Kier molecular flexibility index (Phi) is 3.92. The fraction of sp³-hybridized carbons (Fsp3) is 0.133. The molecule has 3 rings (SSSR count). The van der Waals surface area contributed by atoms with Gasteiger partial charge in [-0.15, -0.1) is 0 Å². The van der Waals surface area contributed by atoms with E-state index in [2.05, 4.69) is 20.4 Å². The van der Waals surface area contributed by atoms with Crippen LogP contribution in [0.15, 0.2) is 42.7 Å². The van der Waals surface area contributed by atoms with Gasteiger partial charge < -0.3 is 5.32 Å². The van der Waals surface area contributed by atoms with Crippen LogP contribution in [0, 0.1) is 12.9 Å². The topological polar surface area (TPSA) is 55.6 Å². The van der Waals surface area contributed by atoms with Crippen LogP contribution in [-0.4, -0.2) is 19.7 Å². The molecule has 0 aliphatic heterocycles. The number of anilines is 2. The summed E-state index contributed by atoms with van der Waals surface area (Å²) in [6.45, 7) is 1.77. The van der Waals surface area contributed by atoms with Crippen LogP contribution in [0.3, 0.4) is 0 Å². The molecule has 9 heteroatoms. The third kappa shape index (κ3) is 3.34. The molecule has 0 spiro atoms. The van der Waals surface area contributed by atoms with Gasteiger partial charge in [0.2, 0.25) is 11.9 Å². The Labute approximate surface area is 134 Å². The number of hydrogen-bond acceptors (Lipinski definition) is 4. The largest absolute Gasteiger partial charge is 0.433 e. The van der Waals surface area contributed by atoms with Crippen LogP contribution < -0.4 is 5.32 Å². The Hall–Kier alpha value is -2.97. The molecule has 1 N–H and O–H groups in total. The molecule has 0 aliphatic rings. The third-order valence-corrected chi connectivity index (χ3v) is 3.11. The first kappa shape index (κ1) is 15.9. The number of nitrogens with one attached hydrogen (secondary N) is 1. The van der Waals surface area contributed by atoms with Gasteiger partial charge in [0.25, 0.3) is 0 Å². The van der Waals surface area contributed by atoms with Crippen LogP contribution in [0.25, 0.3) is 5.69 Å². The Morgan fingerprint density at radius 1 is 1.08 bits per heavy atom. The Morgan fingerprint density at radius 3 is 2.54 bits per heavy atom. The molecule has 0 amide bonds. The molecule has 24 heavy (non-hydrogen) atoms. The highest BCUT2D eigenvalue weighted by atomic mass is 19.4. The lowest BCUT2D eigenvalue weighted by molar-refractivity contribution is -0.141. The molecule has 124 valence electrons. The molecule has 0 atom stereocenters. The summed E-state index contributed by atoms with van der Waals surface area (Å²) in [5.74, 6) is -0.760. The van der Waals surface area contributed by atoms with Crippen LogP contribution in [0.2, 0.25) is 0 Å². The number of hydrogen-bond donors (Lipinski definition) is 1. The van der Waals surface area contributed by atoms with Crippen LogP contribution >= 0.6 is 0 Å². The maximum atomic E-state index is 13.6. The van der Waals surface area contributed by atoms with Gasteiger partial charge in [0, 0.05) is 18.0 Å². The summed E-state index contributed by atoms with van der Waals surface area (Å²) in [4.78, 5) is 7.20. The number of halogens is 4. The van der Waals surface area contributed by atoms with Crippen molar-refractivity contribution in [3.63, 3.8) is 0 Å². The van der Waals surface area contributed by atoms with Crippen molar-refractivity contribution >= 4 is 11.6 Å². The Bertz CT molecular complexity index is 872. The van der Waals surface area contributed by atoms with E-state index in [0.717, 1.165) is 22.5 Å². The molecule has 0 saturated carbocycles. The quantitative estimate of drug-likeness (QED) is 0.737. The number of rotatable bonds is 3. The lowest BCUT2D eigenvalue weighted by Gasteiger charge is -2.11. The lowest BCUT2D eigenvalue weighted by Crippen LogP contribution is -2.10. The van der Waals surface area contributed by atoms with Gasteiger partial charge in [0.15, 0.2) is 0 Å². The minimum absolute atomic E-state index is 0.206. The van der Waals surface area contributed by atoms with E-state index in [-0.39, 0.29) is 5.95 Å². The zero-order valence-corrected chi connectivity index (χ0v) is 12.3. The number of nitrogens with zero attached hydrogens (tertiary/aromatic N) is 4. The number of alkyl halides is 3. The molecule has 0 fully saturated rings. The zero-order chi connectivity index (χ0) is 17.3. The first-order chi connectivity index (χ1) is 11.3. The highest BCUT2D eigenvalue weighted by Crippen LogP contribution is 2.28. The van der Waals surface area contributed by atoms with Gasteiger partial charge in [-0.1, -0.05) is 0 Å². The van der Waals surface area contributed by atoms with Crippen molar-refractivity contribution in [2.24, 2.45) is 0 Å². The second-order valence-electron chi connectivity index (χ2n) is 5.01. The van der Waals surface area contributed by atoms with Gasteiger partial charge in [0.05, 0.1) is 11.9 Å². The molecular formula is C15H11F4N5. The summed E-state index contributed by atoms with van der Waals surface area (Å²) >= 11 is 0. The highest BCUT2D eigenvalue weighted by Gasteiger charge is 2.32. The smallest absolute Gasteiger partial charge is 0.324 e. The highest BCUT2D eigenvalue weighted by molar-refractivity contribution is 5.59. The molecule has 0 unspecified atom stereocenters. The van der Waals surface area contributed by atoms with E-state index < -0.39 is 17.8 Å². The summed E-state index contributed by atoms with van der Waals surface area (Å²) in [6, 6.07) is 6.88. The van der Waals surface area contributed by atoms with Gasteiger partial charge >= 0.3 is 6.18 Å².